The molecule has 1 saturated heterocycles. The van der Waals surface area contributed by atoms with E-state index in [9.17, 15) is 9.18 Å². The number of para-hydroxylation sites is 1. The standard InChI is InChI=1S/C18H21FN4O/c1-14(15-6-8-20-9-7-15)21-18(24)23-12-10-22(11-13-23)17-5-3-2-4-16(17)19/h2-9,14H,10-13H2,1H3,(H,21,24). The molecule has 6 heteroatoms. The summed E-state index contributed by atoms with van der Waals surface area (Å²) in [5.41, 5.74) is 1.62. The van der Waals surface area contributed by atoms with Crippen molar-refractivity contribution in [2.75, 3.05) is 31.1 Å². The van der Waals surface area contributed by atoms with Gasteiger partial charge in [-0.1, -0.05) is 12.1 Å². The van der Waals surface area contributed by atoms with Gasteiger partial charge in [0.1, 0.15) is 5.82 Å². The first kappa shape index (κ1) is 16.2. The molecule has 1 fully saturated rings. The third-order valence-electron chi connectivity index (χ3n) is 4.31. The van der Waals surface area contributed by atoms with Crippen molar-refractivity contribution in [3.8, 4) is 0 Å². The lowest BCUT2D eigenvalue weighted by Gasteiger charge is -2.36. The highest BCUT2D eigenvalue weighted by atomic mass is 19.1. The van der Waals surface area contributed by atoms with E-state index in [1.54, 1.807) is 29.4 Å². The first-order valence-corrected chi connectivity index (χ1v) is 8.10. The molecule has 0 bridgehead atoms. The number of rotatable bonds is 3. The Bertz CT molecular complexity index is 686. The number of amides is 2. The van der Waals surface area contributed by atoms with Crippen molar-refractivity contribution in [2.45, 2.75) is 13.0 Å². The molecule has 0 spiro atoms. The number of piperazine rings is 1. The van der Waals surface area contributed by atoms with Crippen LogP contribution in [0.5, 0.6) is 0 Å². The quantitative estimate of drug-likeness (QED) is 0.942. The Balaban J connectivity index is 1.55. The van der Waals surface area contributed by atoms with Crippen molar-refractivity contribution in [3.63, 3.8) is 0 Å². The maximum absolute atomic E-state index is 13.8. The van der Waals surface area contributed by atoms with Gasteiger partial charge in [0, 0.05) is 38.6 Å². The molecule has 2 heterocycles. The summed E-state index contributed by atoms with van der Waals surface area (Å²) >= 11 is 0. The molecule has 1 aromatic carbocycles. The van der Waals surface area contributed by atoms with Crippen LogP contribution in [0, 0.1) is 5.82 Å². The van der Waals surface area contributed by atoms with Gasteiger partial charge >= 0.3 is 6.03 Å². The number of urea groups is 1. The number of anilines is 1. The minimum Gasteiger partial charge on any atom is -0.366 e. The van der Waals surface area contributed by atoms with Crippen LogP contribution in [0.3, 0.4) is 0 Å². The summed E-state index contributed by atoms with van der Waals surface area (Å²) in [6, 6.07) is 10.4. The van der Waals surface area contributed by atoms with Gasteiger partial charge < -0.3 is 15.1 Å². The Hall–Kier alpha value is -2.63. The van der Waals surface area contributed by atoms with Gasteiger partial charge in [0.2, 0.25) is 0 Å². The van der Waals surface area contributed by atoms with E-state index in [1.807, 2.05) is 30.0 Å². The predicted molar refractivity (Wildman–Crippen MR) is 91.4 cm³/mol. The maximum Gasteiger partial charge on any atom is 0.317 e. The summed E-state index contributed by atoms with van der Waals surface area (Å²) in [5, 5.41) is 3.00. The number of nitrogens with one attached hydrogen (secondary N) is 1. The van der Waals surface area contributed by atoms with Gasteiger partial charge in [-0.2, -0.15) is 0 Å². The van der Waals surface area contributed by atoms with Crippen molar-refractivity contribution >= 4 is 11.7 Å². The lowest BCUT2D eigenvalue weighted by molar-refractivity contribution is 0.191. The molecule has 1 atom stereocenters. The fourth-order valence-corrected chi connectivity index (χ4v) is 2.87. The second kappa shape index (κ2) is 7.29. The van der Waals surface area contributed by atoms with Gasteiger partial charge in [0.05, 0.1) is 11.7 Å². The van der Waals surface area contributed by atoms with Crippen LogP contribution in [-0.2, 0) is 0 Å². The number of halogens is 1. The van der Waals surface area contributed by atoms with Crippen molar-refractivity contribution in [2.24, 2.45) is 0 Å². The average molecular weight is 328 g/mol. The molecule has 1 aliphatic rings. The highest BCUT2D eigenvalue weighted by molar-refractivity contribution is 5.75. The number of nitrogens with zero attached hydrogens (tertiary/aromatic N) is 3. The number of benzene rings is 1. The molecular weight excluding hydrogens is 307 g/mol. The smallest absolute Gasteiger partial charge is 0.317 e. The Morgan fingerprint density at radius 1 is 1.12 bits per heavy atom. The summed E-state index contributed by atoms with van der Waals surface area (Å²) in [6.45, 7) is 4.34. The Kier molecular flexibility index (Phi) is 4.93. The first-order valence-electron chi connectivity index (χ1n) is 8.10. The SMILES string of the molecule is CC(NC(=O)N1CCN(c2ccccc2F)CC1)c1ccncc1. The highest BCUT2D eigenvalue weighted by Crippen LogP contribution is 2.20. The molecule has 1 unspecified atom stereocenters. The van der Waals surface area contributed by atoms with E-state index in [0.29, 0.717) is 31.9 Å². The van der Waals surface area contributed by atoms with Gasteiger partial charge in [0.25, 0.3) is 0 Å². The number of hydrogen-bond donors (Lipinski definition) is 1. The fraction of sp³-hybridized carbons (Fsp3) is 0.333. The molecule has 2 aromatic rings. The van der Waals surface area contributed by atoms with E-state index in [1.165, 1.54) is 6.07 Å². The zero-order valence-corrected chi connectivity index (χ0v) is 13.7. The zero-order valence-electron chi connectivity index (χ0n) is 13.7. The summed E-state index contributed by atoms with van der Waals surface area (Å²) in [7, 11) is 0. The van der Waals surface area contributed by atoms with Gasteiger partial charge in [-0.05, 0) is 36.8 Å². The fourth-order valence-electron chi connectivity index (χ4n) is 2.87. The van der Waals surface area contributed by atoms with Gasteiger partial charge in [-0.25, -0.2) is 9.18 Å². The summed E-state index contributed by atoms with van der Waals surface area (Å²) < 4.78 is 13.8. The molecule has 0 aliphatic carbocycles. The van der Waals surface area contributed by atoms with E-state index >= 15 is 0 Å². The second-order valence-corrected chi connectivity index (χ2v) is 5.88. The van der Waals surface area contributed by atoms with Gasteiger partial charge in [-0.15, -0.1) is 0 Å². The van der Waals surface area contributed by atoms with Crippen LogP contribution < -0.4 is 10.2 Å². The van der Waals surface area contributed by atoms with Crippen LogP contribution in [0.1, 0.15) is 18.5 Å². The number of aromatic nitrogens is 1. The minimum atomic E-state index is -0.221. The largest absolute Gasteiger partial charge is 0.366 e. The van der Waals surface area contributed by atoms with Crippen molar-refractivity contribution in [1.82, 2.24) is 15.2 Å². The van der Waals surface area contributed by atoms with E-state index in [0.717, 1.165) is 5.56 Å². The van der Waals surface area contributed by atoms with Crippen molar-refractivity contribution < 1.29 is 9.18 Å². The molecule has 1 aromatic heterocycles. The third kappa shape index (κ3) is 3.64. The number of hydrogen-bond acceptors (Lipinski definition) is 3. The van der Waals surface area contributed by atoms with Crippen molar-refractivity contribution in [1.29, 1.82) is 0 Å². The molecule has 0 radical (unpaired) electrons. The average Bonchev–Trinajstić information content (AvgIpc) is 2.63. The molecular formula is C18H21FN4O. The Morgan fingerprint density at radius 2 is 1.79 bits per heavy atom. The molecule has 5 nitrogen and oxygen atoms in total. The van der Waals surface area contributed by atoms with Crippen LogP contribution >= 0.6 is 0 Å². The van der Waals surface area contributed by atoms with Crippen LogP contribution in [0.4, 0.5) is 14.9 Å². The Morgan fingerprint density at radius 3 is 2.46 bits per heavy atom. The van der Waals surface area contributed by atoms with E-state index in [4.69, 9.17) is 0 Å². The molecule has 24 heavy (non-hydrogen) atoms. The summed E-state index contributed by atoms with van der Waals surface area (Å²) in [5.74, 6) is -0.221. The first-order chi connectivity index (χ1) is 11.6. The van der Waals surface area contributed by atoms with Crippen LogP contribution in [-0.4, -0.2) is 42.1 Å². The Labute approximate surface area is 141 Å². The minimum absolute atomic E-state index is 0.0786. The van der Waals surface area contributed by atoms with Crippen LogP contribution in [0.15, 0.2) is 48.8 Å². The number of pyridine rings is 1. The molecule has 0 saturated carbocycles. The lowest BCUT2D eigenvalue weighted by atomic mass is 10.1. The van der Waals surface area contributed by atoms with Crippen LogP contribution in [0.25, 0.3) is 0 Å². The third-order valence-corrected chi connectivity index (χ3v) is 4.31. The summed E-state index contributed by atoms with van der Waals surface area (Å²) in [4.78, 5) is 20.1. The second-order valence-electron chi connectivity index (χ2n) is 5.88. The topological polar surface area (TPSA) is 48.5 Å². The maximum atomic E-state index is 13.8. The lowest BCUT2D eigenvalue weighted by Crippen LogP contribution is -2.52. The monoisotopic (exact) mass is 328 g/mol. The number of carbonyl (C=O) groups is 1. The number of carbonyl (C=O) groups excluding carboxylic acids is 1. The molecule has 1 aliphatic heterocycles. The zero-order chi connectivity index (χ0) is 16.9. The van der Waals surface area contributed by atoms with E-state index < -0.39 is 0 Å². The van der Waals surface area contributed by atoms with E-state index in [2.05, 4.69) is 10.3 Å². The molecule has 1 N–H and O–H groups in total. The summed E-state index contributed by atoms with van der Waals surface area (Å²) in [6.07, 6.45) is 3.43. The molecule has 126 valence electrons. The van der Waals surface area contributed by atoms with Crippen molar-refractivity contribution in [3.05, 3.63) is 60.2 Å². The predicted octanol–water partition coefficient (Wildman–Crippen LogP) is 2.81. The molecule has 2 amide bonds. The van der Waals surface area contributed by atoms with Gasteiger partial charge in [-0.3, -0.25) is 4.98 Å². The van der Waals surface area contributed by atoms with E-state index in [-0.39, 0.29) is 17.9 Å². The van der Waals surface area contributed by atoms with Gasteiger partial charge in [0.15, 0.2) is 0 Å². The normalized spacial score (nSPS) is 15.9. The van der Waals surface area contributed by atoms with Crippen LogP contribution in [0.2, 0.25) is 0 Å². The highest BCUT2D eigenvalue weighted by Gasteiger charge is 2.23. The molecule has 3 rings (SSSR count).